The van der Waals surface area contributed by atoms with Gasteiger partial charge in [-0.15, -0.1) is 0 Å². The van der Waals surface area contributed by atoms with Gasteiger partial charge in [-0.05, 0) is 38.4 Å². The minimum absolute atomic E-state index is 0.0218. The van der Waals surface area contributed by atoms with Gasteiger partial charge in [-0.25, -0.2) is 0 Å². The second-order valence-electron chi connectivity index (χ2n) is 5.24. The third-order valence-corrected chi connectivity index (χ3v) is 3.95. The van der Waals surface area contributed by atoms with Gasteiger partial charge in [0.1, 0.15) is 5.75 Å². The summed E-state index contributed by atoms with van der Waals surface area (Å²) in [7, 11) is 1.67. The van der Waals surface area contributed by atoms with E-state index in [1.165, 1.54) is 0 Å². The van der Waals surface area contributed by atoms with Crippen molar-refractivity contribution in [1.29, 1.82) is 0 Å². The molecule has 1 aliphatic rings. The Balaban J connectivity index is 2.06. The zero-order chi connectivity index (χ0) is 14.4. The van der Waals surface area contributed by atoms with E-state index in [1.54, 1.807) is 7.11 Å². The number of rotatable bonds is 5. The van der Waals surface area contributed by atoms with E-state index in [9.17, 15) is 4.79 Å². The fourth-order valence-electron chi connectivity index (χ4n) is 2.73. The number of carbonyl (C=O) groups excluding carboxylic acids is 1. The first-order valence-electron chi connectivity index (χ1n) is 7.40. The second kappa shape index (κ2) is 7.29. The molecule has 1 aromatic rings. The molecule has 0 aliphatic carbocycles. The maximum Gasteiger partial charge on any atom is 0.223 e. The fourth-order valence-corrected chi connectivity index (χ4v) is 2.73. The molecule has 110 valence electrons. The van der Waals surface area contributed by atoms with Gasteiger partial charge < -0.3 is 15.4 Å². The topological polar surface area (TPSA) is 50.4 Å². The summed E-state index contributed by atoms with van der Waals surface area (Å²) in [5.41, 5.74) is 1.06. The van der Waals surface area contributed by atoms with Gasteiger partial charge in [0.2, 0.25) is 5.91 Å². The summed E-state index contributed by atoms with van der Waals surface area (Å²) in [6.45, 7) is 3.95. The Labute approximate surface area is 120 Å². The molecule has 1 aromatic carbocycles. The molecule has 0 bridgehead atoms. The lowest BCUT2D eigenvalue weighted by Gasteiger charge is -2.26. The van der Waals surface area contributed by atoms with Crippen molar-refractivity contribution >= 4 is 5.91 Å². The van der Waals surface area contributed by atoms with Crippen molar-refractivity contribution in [3.63, 3.8) is 0 Å². The van der Waals surface area contributed by atoms with Gasteiger partial charge in [0, 0.05) is 11.5 Å². The van der Waals surface area contributed by atoms with E-state index in [0.29, 0.717) is 0 Å². The first-order valence-corrected chi connectivity index (χ1v) is 7.40. The largest absolute Gasteiger partial charge is 0.496 e. The number of ether oxygens (including phenoxy) is 1. The molecule has 4 nitrogen and oxygen atoms in total. The Hall–Kier alpha value is -1.55. The predicted molar refractivity (Wildman–Crippen MR) is 79.8 cm³/mol. The van der Waals surface area contributed by atoms with Crippen LogP contribution in [0.5, 0.6) is 5.75 Å². The zero-order valence-corrected chi connectivity index (χ0v) is 12.3. The number of methoxy groups -OCH3 is 1. The molecular weight excluding hydrogens is 252 g/mol. The van der Waals surface area contributed by atoms with Gasteiger partial charge >= 0.3 is 0 Å². The highest BCUT2D eigenvalue weighted by molar-refractivity contribution is 5.79. The molecule has 1 amide bonds. The quantitative estimate of drug-likeness (QED) is 0.867. The zero-order valence-electron chi connectivity index (χ0n) is 12.3. The monoisotopic (exact) mass is 276 g/mol. The van der Waals surface area contributed by atoms with Crippen LogP contribution in [0.1, 0.15) is 37.8 Å². The van der Waals surface area contributed by atoms with Crippen molar-refractivity contribution in [2.75, 3.05) is 20.2 Å². The summed E-state index contributed by atoms with van der Waals surface area (Å²) in [6.07, 6.45) is 2.71. The summed E-state index contributed by atoms with van der Waals surface area (Å²) in [5.74, 6) is 1.15. The maximum atomic E-state index is 12.4. The third-order valence-electron chi connectivity index (χ3n) is 3.95. The van der Waals surface area contributed by atoms with Crippen LogP contribution in [-0.2, 0) is 4.79 Å². The SMILES string of the molecule is CCC(NC(=O)C1CCNCC1)c1ccccc1OC. The summed E-state index contributed by atoms with van der Waals surface area (Å²) in [6, 6.07) is 7.92. The number of hydrogen-bond acceptors (Lipinski definition) is 3. The lowest BCUT2D eigenvalue weighted by molar-refractivity contribution is -0.126. The van der Waals surface area contributed by atoms with Crippen LogP contribution in [-0.4, -0.2) is 26.1 Å². The number of carbonyl (C=O) groups is 1. The average molecular weight is 276 g/mol. The number of nitrogens with one attached hydrogen (secondary N) is 2. The van der Waals surface area contributed by atoms with Gasteiger partial charge in [0.25, 0.3) is 0 Å². The van der Waals surface area contributed by atoms with Crippen molar-refractivity contribution < 1.29 is 9.53 Å². The molecule has 20 heavy (non-hydrogen) atoms. The second-order valence-corrected chi connectivity index (χ2v) is 5.24. The van der Waals surface area contributed by atoms with Gasteiger partial charge in [0.15, 0.2) is 0 Å². The van der Waals surface area contributed by atoms with E-state index < -0.39 is 0 Å². The van der Waals surface area contributed by atoms with Crippen LogP contribution in [0.2, 0.25) is 0 Å². The first kappa shape index (κ1) is 14.9. The summed E-state index contributed by atoms with van der Waals surface area (Å²) in [5, 5.41) is 6.47. The molecule has 1 fully saturated rings. The summed E-state index contributed by atoms with van der Waals surface area (Å²) < 4.78 is 5.39. The van der Waals surface area contributed by atoms with Crippen LogP contribution in [0, 0.1) is 5.92 Å². The Bertz CT molecular complexity index is 442. The molecule has 1 unspecified atom stereocenters. The highest BCUT2D eigenvalue weighted by Gasteiger charge is 2.24. The van der Waals surface area contributed by atoms with Crippen molar-refractivity contribution in [3.05, 3.63) is 29.8 Å². The standard InChI is InChI=1S/C16H24N2O2/c1-3-14(13-6-4-5-7-15(13)20-2)18-16(19)12-8-10-17-11-9-12/h4-7,12,14,17H,3,8-11H2,1-2H3,(H,18,19). The minimum Gasteiger partial charge on any atom is -0.496 e. The van der Waals surface area contributed by atoms with Crippen molar-refractivity contribution in [1.82, 2.24) is 10.6 Å². The molecule has 1 heterocycles. The average Bonchev–Trinajstić information content (AvgIpc) is 2.53. The molecule has 0 spiro atoms. The summed E-state index contributed by atoms with van der Waals surface area (Å²) in [4.78, 5) is 12.4. The predicted octanol–water partition coefficient (Wildman–Crippen LogP) is 2.26. The molecule has 1 atom stereocenters. The Morgan fingerprint density at radius 1 is 1.40 bits per heavy atom. The first-order chi connectivity index (χ1) is 9.76. The van der Waals surface area contributed by atoms with Gasteiger partial charge in [-0.2, -0.15) is 0 Å². The van der Waals surface area contributed by atoms with E-state index in [0.717, 1.165) is 43.7 Å². The Morgan fingerprint density at radius 2 is 2.10 bits per heavy atom. The molecule has 0 radical (unpaired) electrons. The molecule has 4 heteroatoms. The lowest BCUT2D eigenvalue weighted by Crippen LogP contribution is -2.39. The van der Waals surface area contributed by atoms with E-state index in [1.807, 2.05) is 24.3 Å². The van der Waals surface area contributed by atoms with Crippen LogP contribution in [0.15, 0.2) is 24.3 Å². The van der Waals surface area contributed by atoms with E-state index in [-0.39, 0.29) is 17.9 Å². The van der Waals surface area contributed by atoms with Crippen molar-refractivity contribution in [3.8, 4) is 5.75 Å². The van der Waals surface area contributed by atoms with E-state index >= 15 is 0 Å². The number of piperidine rings is 1. The number of hydrogen-bond donors (Lipinski definition) is 2. The molecule has 0 aromatic heterocycles. The van der Waals surface area contributed by atoms with Crippen molar-refractivity contribution in [2.45, 2.75) is 32.2 Å². The van der Waals surface area contributed by atoms with Gasteiger partial charge in [-0.3, -0.25) is 4.79 Å². The smallest absolute Gasteiger partial charge is 0.223 e. The maximum absolute atomic E-state index is 12.4. The normalized spacial score (nSPS) is 17.5. The van der Waals surface area contributed by atoms with E-state index in [2.05, 4.69) is 17.6 Å². The molecular formula is C16H24N2O2. The van der Waals surface area contributed by atoms with Crippen molar-refractivity contribution in [2.24, 2.45) is 5.92 Å². The van der Waals surface area contributed by atoms with E-state index in [4.69, 9.17) is 4.74 Å². The van der Waals surface area contributed by atoms with Crippen LogP contribution in [0.3, 0.4) is 0 Å². The molecule has 2 rings (SSSR count). The fraction of sp³-hybridized carbons (Fsp3) is 0.562. The number of amides is 1. The van der Waals surface area contributed by atoms with Crippen LogP contribution < -0.4 is 15.4 Å². The number of para-hydroxylation sites is 1. The molecule has 1 saturated heterocycles. The van der Waals surface area contributed by atoms with Gasteiger partial charge in [-0.1, -0.05) is 25.1 Å². The highest BCUT2D eigenvalue weighted by Crippen LogP contribution is 2.27. The van der Waals surface area contributed by atoms with Crippen LogP contribution in [0.25, 0.3) is 0 Å². The minimum atomic E-state index is 0.0218. The molecule has 1 aliphatic heterocycles. The third kappa shape index (κ3) is 3.51. The summed E-state index contributed by atoms with van der Waals surface area (Å²) >= 11 is 0. The Morgan fingerprint density at radius 3 is 2.75 bits per heavy atom. The van der Waals surface area contributed by atoms with Crippen LogP contribution in [0.4, 0.5) is 0 Å². The molecule has 0 saturated carbocycles. The Kier molecular flexibility index (Phi) is 5.41. The molecule has 2 N–H and O–H groups in total. The van der Waals surface area contributed by atoms with Gasteiger partial charge in [0.05, 0.1) is 13.2 Å². The number of benzene rings is 1. The lowest BCUT2D eigenvalue weighted by atomic mass is 9.95. The van der Waals surface area contributed by atoms with Crippen LogP contribution >= 0.6 is 0 Å². The highest BCUT2D eigenvalue weighted by atomic mass is 16.5.